The first kappa shape index (κ1) is 11.9. The van der Waals surface area contributed by atoms with E-state index in [0.29, 0.717) is 19.7 Å². The van der Waals surface area contributed by atoms with E-state index in [4.69, 9.17) is 4.74 Å². The highest BCUT2D eigenvalue weighted by atomic mass is 32.2. The summed E-state index contributed by atoms with van der Waals surface area (Å²) < 4.78 is 30.4. The molecule has 0 aromatic carbocycles. The number of rotatable bonds is 5. The third-order valence-electron chi connectivity index (χ3n) is 2.52. The molecule has 0 spiro atoms. The highest BCUT2D eigenvalue weighted by Gasteiger charge is 2.26. The lowest BCUT2D eigenvalue weighted by molar-refractivity contribution is 0.126. The molecule has 5 heteroatoms. The molecule has 84 valence electrons. The van der Waals surface area contributed by atoms with Gasteiger partial charge in [0, 0.05) is 19.7 Å². The molecule has 1 unspecified atom stereocenters. The average molecular weight is 221 g/mol. The van der Waals surface area contributed by atoms with Crippen LogP contribution in [0.25, 0.3) is 0 Å². The fourth-order valence-electron chi connectivity index (χ4n) is 1.73. The first-order valence-corrected chi connectivity index (χ1v) is 6.80. The Balaban J connectivity index is 2.55. The van der Waals surface area contributed by atoms with Crippen LogP contribution in [-0.2, 0) is 14.8 Å². The lowest BCUT2D eigenvalue weighted by Gasteiger charge is -2.20. The molecule has 1 heterocycles. The molecular weight excluding hydrogens is 202 g/mol. The third-order valence-corrected chi connectivity index (χ3v) is 4.62. The molecule has 0 aromatic heterocycles. The first-order valence-electron chi connectivity index (χ1n) is 5.19. The van der Waals surface area contributed by atoms with Gasteiger partial charge in [-0.2, -0.15) is 0 Å². The molecule has 0 N–H and O–H groups in total. The molecular formula is C9H19NO3S. The van der Waals surface area contributed by atoms with Gasteiger partial charge in [0.15, 0.2) is 0 Å². The van der Waals surface area contributed by atoms with Gasteiger partial charge in [0.2, 0.25) is 10.0 Å². The van der Waals surface area contributed by atoms with E-state index in [1.54, 1.807) is 0 Å². The molecule has 1 saturated heterocycles. The zero-order valence-corrected chi connectivity index (χ0v) is 9.72. The van der Waals surface area contributed by atoms with Crippen molar-refractivity contribution in [3.8, 4) is 0 Å². The van der Waals surface area contributed by atoms with Crippen molar-refractivity contribution in [2.75, 3.05) is 25.4 Å². The van der Waals surface area contributed by atoms with Crippen molar-refractivity contribution in [1.82, 2.24) is 4.31 Å². The van der Waals surface area contributed by atoms with Crippen LogP contribution < -0.4 is 0 Å². The van der Waals surface area contributed by atoms with Crippen LogP contribution in [0.4, 0.5) is 0 Å². The summed E-state index contributed by atoms with van der Waals surface area (Å²) in [6, 6.07) is 0. The number of ether oxygens (including phenoxy) is 1. The molecule has 0 radical (unpaired) electrons. The number of sulfonamides is 1. The van der Waals surface area contributed by atoms with Crippen molar-refractivity contribution in [2.24, 2.45) is 0 Å². The summed E-state index contributed by atoms with van der Waals surface area (Å²) in [4.78, 5) is 0. The number of hydrogen-bond donors (Lipinski definition) is 0. The van der Waals surface area contributed by atoms with E-state index in [1.807, 2.05) is 13.8 Å². The van der Waals surface area contributed by atoms with Crippen LogP contribution in [-0.4, -0.2) is 44.3 Å². The summed E-state index contributed by atoms with van der Waals surface area (Å²) in [6.07, 6.45) is 1.78. The zero-order valence-electron chi connectivity index (χ0n) is 8.90. The summed E-state index contributed by atoms with van der Waals surface area (Å²) in [6.45, 7) is 5.52. The second-order valence-corrected chi connectivity index (χ2v) is 5.51. The van der Waals surface area contributed by atoms with Crippen LogP contribution in [0.3, 0.4) is 0 Å². The van der Waals surface area contributed by atoms with Crippen LogP contribution in [0.2, 0.25) is 0 Å². The molecule has 1 fully saturated rings. The number of hydrogen-bond acceptors (Lipinski definition) is 3. The van der Waals surface area contributed by atoms with Crippen LogP contribution in [0.5, 0.6) is 0 Å². The number of nitrogens with zero attached hydrogens (tertiary/aromatic N) is 1. The summed E-state index contributed by atoms with van der Waals surface area (Å²) in [5.41, 5.74) is 0. The molecule has 0 amide bonds. The Bertz CT molecular complexity index is 253. The predicted molar refractivity (Wildman–Crippen MR) is 55.7 cm³/mol. The third kappa shape index (κ3) is 2.93. The van der Waals surface area contributed by atoms with Crippen molar-refractivity contribution in [3.63, 3.8) is 0 Å². The minimum Gasteiger partial charge on any atom is -0.377 e. The average Bonchev–Trinajstić information content (AvgIpc) is 2.57. The van der Waals surface area contributed by atoms with Crippen molar-refractivity contribution in [1.29, 1.82) is 0 Å². The standard InChI is InChI=1S/C9H19NO3S/c1-3-10(4-2)14(11,12)8-9-6-5-7-13-9/h9H,3-8H2,1-2H3. The molecule has 4 nitrogen and oxygen atoms in total. The normalized spacial score (nSPS) is 23.2. The molecule has 0 aliphatic carbocycles. The topological polar surface area (TPSA) is 46.6 Å². The van der Waals surface area contributed by atoms with Gasteiger partial charge in [-0.1, -0.05) is 13.8 Å². The molecule has 14 heavy (non-hydrogen) atoms. The second-order valence-electron chi connectivity index (χ2n) is 3.50. The zero-order chi connectivity index (χ0) is 10.6. The smallest absolute Gasteiger partial charge is 0.216 e. The fourth-order valence-corrected chi connectivity index (χ4v) is 3.46. The highest BCUT2D eigenvalue weighted by molar-refractivity contribution is 7.89. The minimum absolute atomic E-state index is 0.0828. The Morgan fingerprint density at radius 2 is 2.00 bits per heavy atom. The summed E-state index contributed by atoms with van der Waals surface area (Å²) in [7, 11) is -3.10. The van der Waals surface area contributed by atoms with E-state index in [2.05, 4.69) is 0 Å². The van der Waals surface area contributed by atoms with Crippen LogP contribution in [0, 0.1) is 0 Å². The van der Waals surface area contributed by atoms with Crippen LogP contribution in [0.1, 0.15) is 26.7 Å². The second kappa shape index (κ2) is 5.09. The van der Waals surface area contributed by atoms with E-state index >= 15 is 0 Å². The SMILES string of the molecule is CCN(CC)S(=O)(=O)CC1CCCO1. The van der Waals surface area contributed by atoms with Gasteiger partial charge < -0.3 is 4.74 Å². The van der Waals surface area contributed by atoms with Crippen molar-refractivity contribution < 1.29 is 13.2 Å². The first-order chi connectivity index (χ1) is 6.60. The molecule has 0 saturated carbocycles. The molecule has 1 aliphatic rings. The fraction of sp³-hybridized carbons (Fsp3) is 1.00. The van der Waals surface area contributed by atoms with Crippen molar-refractivity contribution in [2.45, 2.75) is 32.8 Å². The van der Waals surface area contributed by atoms with E-state index in [9.17, 15) is 8.42 Å². The molecule has 1 atom stereocenters. The van der Waals surface area contributed by atoms with Gasteiger partial charge >= 0.3 is 0 Å². The predicted octanol–water partition coefficient (Wildman–Crippen LogP) is 0.837. The Kier molecular flexibility index (Phi) is 4.34. The Labute approximate surface area is 86.3 Å². The van der Waals surface area contributed by atoms with Crippen molar-refractivity contribution >= 4 is 10.0 Å². The lowest BCUT2D eigenvalue weighted by atomic mass is 10.3. The monoisotopic (exact) mass is 221 g/mol. The van der Waals surface area contributed by atoms with Gasteiger partial charge in [-0.25, -0.2) is 12.7 Å². The van der Waals surface area contributed by atoms with Gasteiger partial charge in [-0.3, -0.25) is 0 Å². The van der Waals surface area contributed by atoms with Gasteiger partial charge in [0.1, 0.15) is 0 Å². The molecule has 1 rings (SSSR count). The largest absolute Gasteiger partial charge is 0.377 e. The summed E-state index contributed by atoms with van der Waals surface area (Å²) >= 11 is 0. The van der Waals surface area contributed by atoms with Crippen LogP contribution >= 0.6 is 0 Å². The lowest BCUT2D eigenvalue weighted by Crippen LogP contribution is -2.36. The molecule has 1 aliphatic heterocycles. The quantitative estimate of drug-likeness (QED) is 0.691. The Morgan fingerprint density at radius 1 is 1.36 bits per heavy atom. The maximum absolute atomic E-state index is 11.8. The van der Waals surface area contributed by atoms with E-state index in [1.165, 1.54) is 4.31 Å². The minimum atomic E-state index is -3.10. The Hall–Kier alpha value is -0.130. The van der Waals surface area contributed by atoms with E-state index in [0.717, 1.165) is 12.8 Å². The summed E-state index contributed by atoms with van der Waals surface area (Å²) in [5, 5.41) is 0. The van der Waals surface area contributed by atoms with Gasteiger partial charge in [0.25, 0.3) is 0 Å². The molecule has 0 bridgehead atoms. The van der Waals surface area contributed by atoms with Crippen LogP contribution in [0.15, 0.2) is 0 Å². The van der Waals surface area contributed by atoms with Crippen molar-refractivity contribution in [3.05, 3.63) is 0 Å². The van der Waals surface area contributed by atoms with E-state index < -0.39 is 10.0 Å². The molecule has 0 aromatic rings. The maximum atomic E-state index is 11.8. The summed E-state index contributed by atoms with van der Waals surface area (Å²) in [5.74, 6) is 0.147. The van der Waals surface area contributed by atoms with Gasteiger partial charge in [-0.05, 0) is 12.8 Å². The Morgan fingerprint density at radius 3 is 2.43 bits per heavy atom. The maximum Gasteiger partial charge on any atom is 0.216 e. The van der Waals surface area contributed by atoms with Gasteiger partial charge in [-0.15, -0.1) is 0 Å². The highest BCUT2D eigenvalue weighted by Crippen LogP contribution is 2.15. The van der Waals surface area contributed by atoms with E-state index in [-0.39, 0.29) is 11.9 Å². The van der Waals surface area contributed by atoms with Gasteiger partial charge in [0.05, 0.1) is 11.9 Å².